The van der Waals surface area contributed by atoms with Crippen LogP contribution in [0.3, 0.4) is 0 Å². The van der Waals surface area contributed by atoms with Crippen LogP contribution in [0.4, 0.5) is 0 Å². The van der Waals surface area contributed by atoms with Gasteiger partial charge in [0.1, 0.15) is 5.78 Å². The fraction of sp³-hybridized carbons (Fsp3) is 0.615. The molecule has 1 aliphatic carbocycles. The lowest BCUT2D eigenvalue weighted by Crippen LogP contribution is -2.06. The van der Waals surface area contributed by atoms with Crippen molar-refractivity contribution in [2.24, 2.45) is 5.92 Å². The van der Waals surface area contributed by atoms with Gasteiger partial charge in [-0.15, -0.1) is 0 Å². The number of carbonyl (C=O) groups excluding carboxylic acids is 1. The highest BCUT2D eigenvalue weighted by molar-refractivity contribution is 7.07. The third kappa shape index (κ3) is 3.45. The molecule has 0 spiro atoms. The van der Waals surface area contributed by atoms with Gasteiger partial charge in [-0.2, -0.15) is 11.3 Å². The summed E-state index contributed by atoms with van der Waals surface area (Å²) in [6.45, 7) is 0. The number of hydrogen-bond acceptors (Lipinski definition) is 2. The fourth-order valence-electron chi connectivity index (χ4n) is 2.33. The predicted molar refractivity (Wildman–Crippen MR) is 64.2 cm³/mol. The first-order valence-corrected chi connectivity index (χ1v) is 6.81. The maximum Gasteiger partial charge on any atom is 0.133 e. The van der Waals surface area contributed by atoms with Crippen molar-refractivity contribution >= 4 is 17.1 Å². The summed E-state index contributed by atoms with van der Waals surface area (Å²) in [5.74, 6) is 1.14. The van der Waals surface area contributed by atoms with Crippen molar-refractivity contribution in [1.82, 2.24) is 0 Å². The fourth-order valence-corrected chi connectivity index (χ4v) is 3.04. The maximum atomic E-state index is 11.5. The summed E-state index contributed by atoms with van der Waals surface area (Å²) >= 11 is 1.76. The van der Waals surface area contributed by atoms with Crippen LogP contribution in [0.15, 0.2) is 16.8 Å². The molecule has 2 heteroatoms. The molecule has 1 unspecified atom stereocenters. The number of rotatable bonds is 3. The van der Waals surface area contributed by atoms with Gasteiger partial charge < -0.3 is 0 Å². The average molecular weight is 222 g/mol. The van der Waals surface area contributed by atoms with E-state index in [1.54, 1.807) is 11.3 Å². The van der Waals surface area contributed by atoms with E-state index in [0.29, 0.717) is 11.7 Å². The van der Waals surface area contributed by atoms with Crippen molar-refractivity contribution in [3.8, 4) is 0 Å². The zero-order chi connectivity index (χ0) is 10.5. The molecule has 1 fully saturated rings. The van der Waals surface area contributed by atoms with Crippen molar-refractivity contribution in [2.45, 2.75) is 44.9 Å². The zero-order valence-electron chi connectivity index (χ0n) is 9.08. The van der Waals surface area contributed by atoms with Crippen LogP contribution in [-0.4, -0.2) is 5.78 Å². The van der Waals surface area contributed by atoms with Crippen molar-refractivity contribution in [3.05, 3.63) is 22.4 Å². The summed E-state index contributed by atoms with van der Waals surface area (Å²) in [6, 6.07) is 2.20. The minimum absolute atomic E-state index is 0.489. The van der Waals surface area contributed by atoms with Crippen molar-refractivity contribution in [2.75, 3.05) is 0 Å². The largest absolute Gasteiger partial charge is 0.300 e. The Morgan fingerprint density at radius 3 is 3.13 bits per heavy atom. The van der Waals surface area contributed by atoms with Crippen LogP contribution in [-0.2, 0) is 11.2 Å². The molecule has 15 heavy (non-hydrogen) atoms. The van der Waals surface area contributed by atoms with Crippen LogP contribution in [0, 0.1) is 5.92 Å². The smallest absolute Gasteiger partial charge is 0.133 e. The summed E-state index contributed by atoms with van der Waals surface area (Å²) in [6.07, 6.45) is 7.65. The molecule has 0 radical (unpaired) electrons. The van der Waals surface area contributed by atoms with E-state index in [-0.39, 0.29) is 0 Å². The van der Waals surface area contributed by atoms with E-state index in [0.717, 1.165) is 25.7 Å². The quantitative estimate of drug-likeness (QED) is 0.710. The Kier molecular flexibility index (Phi) is 3.95. The van der Waals surface area contributed by atoms with E-state index in [1.807, 2.05) is 0 Å². The van der Waals surface area contributed by atoms with Gasteiger partial charge in [-0.25, -0.2) is 0 Å². The second-order valence-electron chi connectivity index (χ2n) is 4.52. The summed E-state index contributed by atoms with van der Waals surface area (Å²) in [5, 5.41) is 4.35. The highest BCUT2D eigenvalue weighted by Gasteiger charge is 2.17. The molecule has 0 aliphatic heterocycles. The molecule has 1 aromatic rings. The van der Waals surface area contributed by atoms with Crippen LogP contribution in [0.25, 0.3) is 0 Å². The van der Waals surface area contributed by atoms with Crippen LogP contribution in [0.2, 0.25) is 0 Å². The second-order valence-corrected chi connectivity index (χ2v) is 5.30. The van der Waals surface area contributed by atoms with Crippen LogP contribution in [0.1, 0.15) is 44.1 Å². The zero-order valence-corrected chi connectivity index (χ0v) is 9.89. The van der Waals surface area contributed by atoms with Crippen molar-refractivity contribution in [3.63, 3.8) is 0 Å². The minimum Gasteiger partial charge on any atom is -0.300 e. The minimum atomic E-state index is 0.489. The first-order chi connectivity index (χ1) is 7.34. The predicted octanol–water partition coefficient (Wildman–Crippen LogP) is 3.83. The molecule has 0 bridgehead atoms. The Bertz CT molecular complexity index is 302. The lowest BCUT2D eigenvalue weighted by Gasteiger charge is -2.11. The Balaban J connectivity index is 1.80. The van der Waals surface area contributed by atoms with Crippen LogP contribution < -0.4 is 0 Å². The number of aryl methyl sites for hydroxylation is 1. The number of Topliss-reactive ketones (excluding diaryl/α,β-unsaturated/α-hetero) is 1. The maximum absolute atomic E-state index is 11.5. The molecule has 82 valence electrons. The Labute approximate surface area is 95.5 Å². The summed E-state index contributed by atoms with van der Waals surface area (Å²) in [5.41, 5.74) is 1.44. The molecule has 1 saturated carbocycles. The lowest BCUT2D eigenvalue weighted by atomic mass is 9.93. The van der Waals surface area contributed by atoms with Gasteiger partial charge in [-0.1, -0.05) is 6.42 Å². The SMILES string of the molecule is O=C1CCCCC(CCc2ccsc2)C1. The summed E-state index contributed by atoms with van der Waals surface area (Å²) in [4.78, 5) is 11.5. The molecule has 0 amide bonds. The van der Waals surface area contributed by atoms with Gasteiger partial charge in [-0.3, -0.25) is 4.79 Å². The van der Waals surface area contributed by atoms with Crippen LogP contribution >= 0.6 is 11.3 Å². The van der Waals surface area contributed by atoms with E-state index in [1.165, 1.54) is 24.8 Å². The Morgan fingerprint density at radius 2 is 2.33 bits per heavy atom. The molecule has 2 rings (SSSR count). The van der Waals surface area contributed by atoms with Gasteiger partial charge in [0.25, 0.3) is 0 Å². The van der Waals surface area contributed by atoms with E-state index in [4.69, 9.17) is 0 Å². The second kappa shape index (κ2) is 5.45. The average Bonchev–Trinajstić information content (AvgIpc) is 2.65. The normalized spacial score (nSPS) is 22.7. The van der Waals surface area contributed by atoms with Gasteiger partial charge in [-0.05, 0) is 54.0 Å². The molecule has 0 N–H and O–H groups in total. The van der Waals surface area contributed by atoms with Crippen molar-refractivity contribution < 1.29 is 4.79 Å². The Hall–Kier alpha value is -0.630. The number of hydrogen-bond donors (Lipinski definition) is 0. The highest BCUT2D eigenvalue weighted by Crippen LogP contribution is 2.25. The molecule has 1 aromatic heterocycles. The summed E-state index contributed by atoms with van der Waals surface area (Å²) < 4.78 is 0. The molecule has 0 aromatic carbocycles. The molecule has 1 heterocycles. The van der Waals surface area contributed by atoms with E-state index in [2.05, 4.69) is 16.8 Å². The van der Waals surface area contributed by atoms with E-state index >= 15 is 0 Å². The number of thiophene rings is 1. The lowest BCUT2D eigenvalue weighted by molar-refractivity contribution is -0.119. The van der Waals surface area contributed by atoms with Crippen molar-refractivity contribution in [1.29, 1.82) is 0 Å². The monoisotopic (exact) mass is 222 g/mol. The first kappa shape index (κ1) is 10.9. The topological polar surface area (TPSA) is 17.1 Å². The third-order valence-electron chi connectivity index (χ3n) is 3.26. The Morgan fingerprint density at radius 1 is 1.40 bits per heavy atom. The molecule has 0 saturated heterocycles. The molecule has 1 nitrogen and oxygen atoms in total. The number of carbonyl (C=O) groups is 1. The molecular weight excluding hydrogens is 204 g/mol. The van der Waals surface area contributed by atoms with Gasteiger partial charge in [0.2, 0.25) is 0 Å². The van der Waals surface area contributed by atoms with Gasteiger partial charge >= 0.3 is 0 Å². The van der Waals surface area contributed by atoms with E-state index < -0.39 is 0 Å². The third-order valence-corrected chi connectivity index (χ3v) is 3.99. The number of ketones is 1. The first-order valence-electron chi connectivity index (χ1n) is 5.87. The summed E-state index contributed by atoms with van der Waals surface area (Å²) in [7, 11) is 0. The molecular formula is C13H18OS. The standard InChI is InChI=1S/C13H18OS/c14-13-4-2-1-3-11(9-13)5-6-12-7-8-15-10-12/h7-8,10-11H,1-6,9H2. The van der Waals surface area contributed by atoms with Gasteiger partial charge in [0, 0.05) is 12.8 Å². The van der Waals surface area contributed by atoms with Crippen LogP contribution in [0.5, 0.6) is 0 Å². The van der Waals surface area contributed by atoms with Gasteiger partial charge in [0.15, 0.2) is 0 Å². The molecule has 1 aliphatic rings. The van der Waals surface area contributed by atoms with Gasteiger partial charge in [0.05, 0.1) is 0 Å². The van der Waals surface area contributed by atoms with E-state index in [9.17, 15) is 4.79 Å². The molecule has 1 atom stereocenters. The highest BCUT2D eigenvalue weighted by atomic mass is 32.1.